The first kappa shape index (κ1) is 16.2. The highest BCUT2D eigenvalue weighted by molar-refractivity contribution is 6.52. The summed E-state index contributed by atoms with van der Waals surface area (Å²) in [6.45, 7) is 10.3. The third kappa shape index (κ3) is 3.54. The standard InChI is InChI=1S/C16H25BN2O2/c1-12(18-6)14-8-7-13(11-19-14)9-10-17-20-15(2,3)16(4,5)21-17/h7-12,18H,1-6H3/b10-9+/t12-/m1/s1. The lowest BCUT2D eigenvalue weighted by atomic mass is 9.89. The molecule has 1 saturated heterocycles. The van der Waals surface area contributed by atoms with E-state index in [1.807, 2.05) is 31.4 Å². The normalized spacial score (nSPS) is 21.9. The topological polar surface area (TPSA) is 43.4 Å². The van der Waals surface area contributed by atoms with Crippen molar-refractivity contribution in [2.24, 2.45) is 0 Å². The van der Waals surface area contributed by atoms with Gasteiger partial charge in [0.15, 0.2) is 0 Å². The summed E-state index contributed by atoms with van der Waals surface area (Å²) in [6, 6.07) is 4.34. The third-order valence-electron chi connectivity index (χ3n) is 4.40. The van der Waals surface area contributed by atoms with Crippen molar-refractivity contribution in [3.63, 3.8) is 0 Å². The Labute approximate surface area is 128 Å². The highest BCUT2D eigenvalue weighted by Gasteiger charge is 2.49. The van der Waals surface area contributed by atoms with E-state index in [9.17, 15) is 0 Å². The molecule has 0 aliphatic carbocycles. The zero-order chi connectivity index (χ0) is 15.7. The predicted octanol–water partition coefficient (Wildman–Crippen LogP) is 3.01. The lowest BCUT2D eigenvalue weighted by molar-refractivity contribution is 0.00578. The van der Waals surface area contributed by atoms with Gasteiger partial charge in [0.2, 0.25) is 0 Å². The van der Waals surface area contributed by atoms with Crippen LogP contribution in [0.4, 0.5) is 0 Å². The van der Waals surface area contributed by atoms with Gasteiger partial charge in [0.25, 0.3) is 0 Å². The molecule has 114 valence electrons. The molecule has 0 bridgehead atoms. The first-order chi connectivity index (χ1) is 9.75. The van der Waals surface area contributed by atoms with Crippen LogP contribution in [0.25, 0.3) is 6.08 Å². The Morgan fingerprint density at radius 1 is 1.19 bits per heavy atom. The van der Waals surface area contributed by atoms with Crippen LogP contribution in [-0.4, -0.2) is 30.4 Å². The highest BCUT2D eigenvalue weighted by Crippen LogP contribution is 2.36. The molecule has 1 N–H and O–H groups in total. The Balaban J connectivity index is 2.03. The molecule has 21 heavy (non-hydrogen) atoms. The van der Waals surface area contributed by atoms with Gasteiger partial charge in [-0.25, -0.2) is 0 Å². The molecule has 1 aromatic rings. The molecule has 1 aliphatic rings. The number of hydrogen-bond acceptors (Lipinski definition) is 4. The summed E-state index contributed by atoms with van der Waals surface area (Å²) in [5.74, 6) is 1.94. The van der Waals surface area contributed by atoms with Gasteiger partial charge in [-0.3, -0.25) is 4.98 Å². The fraction of sp³-hybridized carbons (Fsp3) is 0.562. The van der Waals surface area contributed by atoms with Crippen LogP contribution in [0, 0.1) is 0 Å². The van der Waals surface area contributed by atoms with Gasteiger partial charge in [-0.15, -0.1) is 0 Å². The van der Waals surface area contributed by atoms with Crippen LogP contribution in [0.2, 0.25) is 0 Å². The van der Waals surface area contributed by atoms with E-state index in [0.29, 0.717) is 0 Å². The van der Waals surface area contributed by atoms with Crippen LogP contribution < -0.4 is 5.32 Å². The molecule has 0 spiro atoms. The zero-order valence-electron chi connectivity index (χ0n) is 13.8. The first-order valence-corrected chi connectivity index (χ1v) is 7.42. The second-order valence-electron chi connectivity index (χ2n) is 6.51. The smallest absolute Gasteiger partial charge is 0.400 e. The Bertz CT molecular complexity index is 496. The molecule has 2 rings (SSSR count). The summed E-state index contributed by atoms with van der Waals surface area (Å²) in [6.07, 6.45) is 3.86. The third-order valence-corrected chi connectivity index (χ3v) is 4.40. The fourth-order valence-corrected chi connectivity index (χ4v) is 2.08. The predicted molar refractivity (Wildman–Crippen MR) is 86.8 cm³/mol. The van der Waals surface area contributed by atoms with E-state index in [1.54, 1.807) is 0 Å². The van der Waals surface area contributed by atoms with Gasteiger partial charge >= 0.3 is 7.12 Å². The maximum Gasteiger partial charge on any atom is 0.487 e. The summed E-state index contributed by atoms with van der Waals surface area (Å²) in [7, 11) is 1.62. The van der Waals surface area contributed by atoms with Crippen molar-refractivity contribution < 1.29 is 9.31 Å². The molecular weight excluding hydrogens is 263 g/mol. The van der Waals surface area contributed by atoms with Crippen molar-refractivity contribution >= 4 is 13.2 Å². The highest BCUT2D eigenvalue weighted by atomic mass is 16.7. The lowest BCUT2D eigenvalue weighted by Gasteiger charge is -2.32. The minimum absolute atomic E-state index is 0.256. The average Bonchev–Trinajstić information content (AvgIpc) is 2.64. The minimum Gasteiger partial charge on any atom is -0.400 e. The second kappa shape index (κ2) is 5.91. The number of nitrogens with one attached hydrogen (secondary N) is 1. The number of aromatic nitrogens is 1. The van der Waals surface area contributed by atoms with Gasteiger partial charge in [0, 0.05) is 12.2 Å². The van der Waals surface area contributed by atoms with Gasteiger partial charge in [0.05, 0.1) is 16.9 Å². The van der Waals surface area contributed by atoms with E-state index in [4.69, 9.17) is 9.31 Å². The van der Waals surface area contributed by atoms with Crippen LogP contribution in [-0.2, 0) is 9.31 Å². The van der Waals surface area contributed by atoms with Crippen LogP contribution in [0.1, 0.15) is 51.9 Å². The molecule has 1 aliphatic heterocycles. The molecule has 5 heteroatoms. The quantitative estimate of drug-likeness (QED) is 0.865. The Morgan fingerprint density at radius 3 is 2.29 bits per heavy atom. The van der Waals surface area contributed by atoms with Crippen LogP contribution in [0.3, 0.4) is 0 Å². The van der Waals surface area contributed by atoms with Gasteiger partial charge < -0.3 is 14.6 Å². The summed E-state index contributed by atoms with van der Waals surface area (Å²) in [4.78, 5) is 4.46. The number of pyridine rings is 1. The molecule has 0 amide bonds. The first-order valence-electron chi connectivity index (χ1n) is 7.42. The summed E-state index contributed by atoms with van der Waals surface area (Å²) in [5, 5.41) is 3.17. The maximum atomic E-state index is 5.93. The van der Waals surface area contributed by atoms with Crippen LogP contribution >= 0.6 is 0 Å². The molecule has 0 unspecified atom stereocenters. The van der Waals surface area contributed by atoms with Gasteiger partial charge in [-0.2, -0.15) is 0 Å². The molecule has 1 aromatic heterocycles. The van der Waals surface area contributed by atoms with Crippen molar-refractivity contribution in [3.05, 3.63) is 35.6 Å². The summed E-state index contributed by atoms with van der Waals surface area (Å²) >= 11 is 0. The van der Waals surface area contributed by atoms with E-state index in [0.717, 1.165) is 11.3 Å². The van der Waals surface area contributed by atoms with Crippen molar-refractivity contribution in [2.75, 3.05) is 7.05 Å². The molecular formula is C16H25BN2O2. The van der Waals surface area contributed by atoms with E-state index >= 15 is 0 Å². The second-order valence-corrected chi connectivity index (χ2v) is 6.51. The van der Waals surface area contributed by atoms with Gasteiger partial charge in [0.1, 0.15) is 0 Å². The molecule has 0 saturated carbocycles. The molecule has 4 nitrogen and oxygen atoms in total. The van der Waals surface area contributed by atoms with E-state index < -0.39 is 0 Å². The van der Waals surface area contributed by atoms with Crippen molar-refractivity contribution in [1.29, 1.82) is 0 Å². The van der Waals surface area contributed by atoms with Crippen molar-refractivity contribution in [2.45, 2.75) is 51.9 Å². The number of rotatable bonds is 4. The summed E-state index contributed by atoms with van der Waals surface area (Å²) in [5.41, 5.74) is 1.47. The van der Waals surface area contributed by atoms with E-state index in [1.165, 1.54) is 0 Å². The summed E-state index contributed by atoms with van der Waals surface area (Å²) < 4.78 is 11.9. The molecule has 0 aromatic carbocycles. The Hall–Kier alpha value is -1.17. The Morgan fingerprint density at radius 2 is 1.81 bits per heavy atom. The number of hydrogen-bond donors (Lipinski definition) is 1. The SMILES string of the molecule is CN[C@H](C)c1ccc(/C=C/B2OC(C)(C)C(C)(C)O2)cn1. The van der Waals surface area contributed by atoms with Crippen molar-refractivity contribution in [1.82, 2.24) is 10.3 Å². The minimum atomic E-state index is -0.314. The van der Waals surface area contributed by atoms with Crippen LogP contribution in [0.5, 0.6) is 0 Å². The molecule has 2 heterocycles. The van der Waals surface area contributed by atoms with Gasteiger partial charge in [-0.1, -0.05) is 18.1 Å². The van der Waals surface area contributed by atoms with E-state index in [2.05, 4.69) is 51.0 Å². The molecule has 0 radical (unpaired) electrons. The Kier molecular flexibility index (Phi) is 4.56. The average molecular weight is 288 g/mol. The monoisotopic (exact) mass is 288 g/mol. The van der Waals surface area contributed by atoms with Crippen LogP contribution in [0.15, 0.2) is 24.3 Å². The lowest BCUT2D eigenvalue weighted by Crippen LogP contribution is -2.41. The van der Waals surface area contributed by atoms with Crippen molar-refractivity contribution in [3.8, 4) is 0 Å². The van der Waals surface area contributed by atoms with E-state index in [-0.39, 0.29) is 24.4 Å². The maximum absolute atomic E-state index is 5.93. The van der Waals surface area contributed by atoms with Gasteiger partial charge in [-0.05, 0) is 53.3 Å². The fourth-order valence-electron chi connectivity index (χ4n) is 2.08. The number of nitrogens with zero attached hydrogens (tertiary/aromatic N) is 1. The zero-order valence-corrected chi connectivity index (χ0v) is 13.8. The molecule has 1 fully saturated rings. The largest absolute Gasteiger partial charge is 0.487 e. The molecule has 1 atom stereocenters.